The molecule has 38 heavy (non-hydrogen) atoms. The molecule has 0 saturated heterocycles. The van der Waals surface area contributed by atoms with Crippen molar-refractivity contribution in [1.29, 1.82) is 0 Å². The minimum Gasteiger partial charge on any atom is -0.493 e. The Bertz CT molecular complexity index is 1550. The van der Waals surface area contributed by atoms with Crippen molar-refractivity contribution in [2.24, 2.45) is 11.1 Å². The van der Waals surface area contributed by atoms with Gasteiger partial charge in [0.15, 0.2) is 11.5 Å². The minimum atomic E-state index is -1.29. The number of aromatic nitrogens is 2. The van der Waals surface area contributed by atoms with E-state index in [0.717, 1.165) is 0 Å². The first-order valence-corrected chi connectivity index (χ1v) is 11.8. The van der Waals surface area contributed by atoms with Gasteiger partial charge in [-0.05, 0) is 62.2 Å². The van der Waals surface area contributed by atoms with Crippen molar-refractivity contribution in [2.45, 2.75) is 19.8 Å². The van der Waals surface area contributed by atoms with Crippen LogP contribution >= 0.6 is 0 Å². The zero-order chi connectivity index (χ0) is 27.0. The summed E-state index contributed by atoms with van der Waals surface area (Å²) in [6, 6.07) is 13.9. The quantitative estimate of drug-likeness (QED) is 0.334. The number of carbonyl (C=O) groups excluding carboxylic acids is 2. The van der Waals surface area contributed by atoms with Gasteiger partial charge in [-0.3, -0.25) is 19.5 Å². The highest BCUT2D eigenvalue weighted by Gasteiger charge is 2.57. The fourth-order valence-electron chi connectivity index (χ4n) is 4.33. The van der Waals surface area contributed by atoms with Crippen molar-refractivity contribution < 1.29 is 28.2 Å². The van der Waals surface area contributed by atoms with Crippen LogP contribution < -0.4 is 24.8 Å². The molecule has 10 heteroatoms. The number of nitrogens with zero attached hydrogens (tertiary/aromatic N) is 3. The van der Waals surface area contributed by atoms with Crippen LogP contribution in [0.25, 0.3) is 10.9 Å². The van der Waals surface area contributed by atoms with E-state index in [9.17, 15) is 14.0 Å². The van der Waals surface area contributed by atoms with Crippen molar-refractivity contribution in [3.8, 4) is 23.1 Å². The van der Waals surface area contributed by atoms with Gasteiger partial charge >= 0.3 is 0 Å². The molecule has 1 fully saturated rings. The monoisotopic (exact) mass is 516 g/mol. The number of halogens is 1. The van der Waals surface area contributed by atoms with Crippen molar-refractivity contribution in [1.82, 2.24) is 9.97 Å². The molecule has 4 aromatic rings. The van der Waals surface area contributed by atoms with Crippen LogP contribution in [0, 0.1) is 18.2 Å². The van der Waals surface area contributed by atoms with Gasteiger partial charge in [0.2, 0.25) is 17.7 Å². The van der Waals surface area contributed by atoms with Crippen LogP contribution in [0.1, 0.15) is 18.5 Å². The maximum Gasteiger partial charge on any atom is 0.247 e. The predicted molar refractivity (Wildman–Crippen MR) is 138 cm³/mol. The lowest BCUT2D eigenvalue weighted by atomic mass is 10.0. The molecule has 9 nitrogen and oxygen atoms in total. The number of anilines is 2. The molecule has 0 spiro atoms. The maximum absolute atomic E-state index is 13.6. The Morgan fingerprint density at radius 1 is 0.974 bits per heavy atom. The number of rotatable bonds is 8. The first-order chi connectivity index (χ1) is 18.3. The third-order valence-corrected chi connectivity index (χ3v) is 6.61. The molecule has 2 heterocycles. The van der Waals surface area contributed by atoms with E-state index in [4.69, 9.17) is 19.9 Å². The summed E-state index contributed by atoms with van der Waals surface area (Å²) < 4.78 is 30.5. The summed E-state index contributed by atoms with van der Waals surface area (Å²) >= 11 is 0. The van der Waals surface area contributed by atoms with E-state index >= 15 is 0 Å². The van der Waals surface area contributed by atoms with Gasteiger partial charge in [-0.25, -0.2) is 9.37 Å². The zero-order valence-corrected chi connectivity index (χ0v) is 21.0. The second-order valence-corrected chi connectivity index (χ2v) is 8.95. The Balaban J connectivity index is 1.52. The molecule has 2 amide bonds. The molecule has 2 aromatic heterocycles. The third kappa shape index (κ3) is 4.34. The number of fused-ring (bicyclic) bond motifs is 1. The Hall–Kier alpha value is -4.73. The molecule has 0 atom stereocenters. The number of carbonyl (C=O) groups is 2. The minimum absolute atomic E-state index is 0.274. The number of ether oxygens (including phenoxy) is 3. The van der Waals surface area contributed by atoms with Crippen LogP contribution in [0.2, 0.25) is 0 Å². The summed E-state index contributed by atoms with van der Waals surface area (Å²) in [5, 5.41) is 0.689. The molecule has 2 N–H and O–H groups in total. The number of hydrogen-bond acceptors (Lipinski definition) is 7. The number of pyridine rings is 2. The van der Waals surface area contributed by atoms with Gasteiger partial charge in [-0.15, -0.1) is 0 Å². The van der Waals surface area contributed by atoms with E-state index in [1.54, 1.807) is 57.7 Å². The molecule has 0 aliphatic heterocycles. The van der Waals surface area contributed by atoms with E-state index in [1.807, 2.05) is 0 Å². The average Bonchev–Trinajstić information content (AvgIpc) is 3.73. The standard InChI is InChI=1S/C28H25FN4O5/c1-16-21(33(18-6-4-17(29)5-7-18)27(35)28(11-12-28)26(30)34)8-9-25(32-16)38-22-10-13-31-20-15-24(37-3)23(36-2)14-19(20)22/h4-10,13-15H,11-12H2,1-3H3,(H2,30,34). The normalized spacial score (nSPS) is 13.6. The largest absolute Gasteiger partial charge is 0.493 e. The van der Waals surface area contributed by atoms with Crippen molar-refractivity contribution in [2.75, 3.05) is 19.1 Å². The van der Waals surface area contributed by atoms with Crippen LogP contribution in [0.5, 0.6) is 23.1 Å². The summed E-state index contributed by atoms with van der Waals surface area (Å²) in [6.45, 7) is 1.72. The Kier molecular flexibility index (Phi) is 6.31. The Labute approximate surface area is 218 Å². The first-order valence-electron chi connectivity index (χ1n) is 11.8. The van der Waals surface area contributed by atoms with Crippen molar-refractivity contribution in [3.63, 3.8) is 0 Å². The van der Waals surface area contributed by atoms with Gasteiger partial charge in [0, 0.05) is 29.4 Å². The zero-order valence-electron chi connectivity index (χ0n) is 21.0. The van der Waals surface area contributed by atoms with Crippen LogP contribution in [0.4, 0.5) is 15.8 Å². The van der Waals surface area contributed by atoms with Gasteiger partial charge in [0.25, 0.3) is 0 Å². The molecule has 5 rings (SSSR count). The molecule has 2 aromatic carbocycles. The lowest BCUT2D eigenvalue weighted by molar-refractivity contribution is -0.133. The highest BCUT2D eigenvalue weighted by atomic mass is 19.1. The van der Waals surface area contributed by atoms with E-state index in [2.05, 4.69) is 9.97 Å². The van der Waals surface area contributed by atoms with E-state index in [1.165, 1.54) is 29.2 Å². The third-order valence-electron chi connectivity index (χ3n) is 6.61. The molecular formula is C28H25FN4O5. The average molecular weight is 517 g/mol. The number of amides is 2. The van der Waals surface area contributed by atoms with Gasteiger partial charge in [0.1, 0.15) is 17.0 Å². The molecule has 0 bridgehead atoms. The highest BCUT2D eigenvalue weighted by molar-refractivity contribution is 6.16. The molecule has 194 valence electrons. The number of hydrogen-bond donors (Lipinski definition) is 1. The van der Waals surface area contributed by atoms with Gasteiger partial charge in [0.05, 0.1) is 31.1 Å². The number of aryl methyl sites for hydroxylation is 1. The lowest BCUT2D eigenvalue weighted by Crippen LogP contribution is -2.41. The summed E-state index contributed by atoms with van der Waals surface area (Å²) in [5.74, 6) is 0.221. The number of nitrogens with two attached hydrogens (primary N) is 1. The van der Waals surface area contributed by atoms with Gasteiger partial charge < -0.3 is 19.9 Å². The SMILES string of the molecule is COc1cc2nccc(Oc3ccc(N(C(=O)C4(C(N)=O)CC4)c4ccc(F)cc4)c(C)n3)c2cc1OC. The van der Waals surface area contributed by atoms with Crippen molar-refractivity contribution in [3.05, 3.63) is 72.3 Å². The maximum atomic E-state index is 13.6. The fourth-order valence-corrected chi connectivity index (χ4v) is 4.33. The molecule has 1 aliphatic carbocycles. The molecule has 0 unspecified atom stereocenters. The summed E-state index contributed by atoms with van der Waals surface area (Å²) in [5.41, 5.74) is 6.21. The highest BCUT2D eigenvalue weighted by Crippen LogP contribution is 2.49. The summed E-state index contributed by atoms with van der Waals surface area (Å²) in [4.78, 5) is 36.0. The topological polar surface area (TPSA) is 117 Å². The van der Waals surface area contributed by atoms with Gasteiger partial charge in [-0.2, -0.15) is 0 Å². The number of methoxy groups -OCH3 is 2. The van der Waals surface area contributed by atoms with E-state index in [0.29, 0.717) is 58.1 Å². The Morgan fingerprint density at radius 2 is 1.66 bits per heavy atom. The van der Waals surface area contributed by atoms with Crippen LogP contribution in [-0.2, 0) is 9.59 Å². The second-order valence-electron chi connectivity index (χ2n) is 8.95. The fraction of sp³-hybridized carbons (Fsp3) is 0.214. The van der Waals surface area contributed by atoms with Crippen LogP contribution in [-0.4, -0.2) is 36.0 Å². The summed E-state index contributed by atoms with van der Waals surface area (Å²) in [6.07, 6.45) is 2.32. The van der Waals surface area contributed by atoms with Crippen LogP contribution in [0.15, 0.2) is 60.8 Å². The molecule has 1 saturated carbocycles. The lowest BCUT2D eigenvalue weighted by Gasteiger charge is -2.27. The van der Waals surface area contributed by atoms with Gasteiger partial charge in [-0.1, -0.05) is 0 Å². The van der Waals surface area contributed by atoms with Crippen molar-refractivity contribution >= 4 is 34.1 Å². The second kappa shape index (κ2) is 9.62. The number of primary amides is 1. The predicted octanol–water partition coefficient (Wildman–Crippen LogP) is 4.82. The van der Waals surface area contributed by atoms with Crippen LogP contribution in [0.3, 0.4) is 0 Å². The van der Waals surface area contributed by atoms with E-state index in [-0.39, 0.29) is 5.88 Å². The summed E-state index contributed by atoms with van der Waals surface area (Å²) in [7, 11) is 3.09. The first kappa shape index (κ1) is 24.9. The number of benzene rings is 2. The molecular weight excluding hydrogens is 491 g/mol. The van der Waals surface area contributed by atoms with E-state index < -0.39 is 23.0 Å². The Morgan fingerprint density at radius 3 is 2.26 bits per heavy atom. The molecule has 1 aliphatic rings. The smallest absolute Gasteiger partial charge is 0.247 e. The molecule has 0 radical (unpaired) electrons.